The fourth-order valence-corrected chi connectivity index (χ4v) is 3.33. The van der Waals surface area contributed by atoms with E-state index in [4.69, 9.17) is 15.2 Å². The Hall–Kier alpha value is -3.76. The number of amides is 1. The van der Waals surface area contributed by atoms with Crippen LogP contribution >= 0.6 is 0 Å². The molecule has 3 heterocycles. The molecule has 30 heavy (non-hydrogen) atoms. The van der Waals surface area contributed by atoms with Crippen LogP contribution in [-0.2, 0) is 13.1 Å². The standard InChI is InChI=1S/C19H23N7O4/c1-21-18-23-16(20)15-17(24-18)26(10-22-15)7-3-2-6-25(19(27)28)9-12-4-5-13-14(8-12)30-11-29-13/h4-5,8,10H,2-3,6-7,9,11H2,1H3,(H,27,28)(H3,20,21,23,24). The molecule has 11 heteroatoms. The van der Waals surface area contributed by atoms with E-state index in [0.29, 0.717) is 53.9 Å². The zero-order valence-corrected chi connectivity index (χ0v) is 16.5. The molecule has 0 unspecified atom stereocenters. The molecule has 11 nitrogen and oxygen atoms in total. The van der Waals surface area contributed by atoms with Crippen molar-refractivity contribution in [2.24, 2.45) is 0 Å². The summed E-state index contributed by atoms with van der Waals surface area (Å²) in [5, 5.41) is 12.4. The van der Waals surface area contributed by atoms with Crippen molar-refractivity contribution in [1.82, 2.24) is 24.4 Å². The van der Waals surface area contributed by atoms with Gasteiger partial charge in [0.2, 0.25) is 12.7 Å². The molecule has 1 amide bonds. The molecule has 0 bridgehead atoms. The Balaban J connectivity index is 1.35. The van der Waals surface area contributed by atoms with Gasteiger partial charge in [0.05, 0.1) is 6.33 Å². The van der Waals surface area contributed by atoms with Gasteiger partial charge in [-0.3, -0.25) is 0 Å². The number of nitrogens with one attached hydrogen (secondary N) is 1. The number of imidazole rings is 1. The molecule has 4 N–H and O–H groups in total. The van der Waals surface area contributed by atoms with Gasteiger partial charge in [-0.05, 0) is 30.5 Å². The first-order valence-electron chi connectivity index (χ1n) is 9.57. The number of fused-ring (bicyclic) bond motifs is 2. The Kier molecular flexibility index (Phi) is 5.42. The van der Waals surface area contributed by atoms with Crippen LogP contribution in [0.5, 0.6) is 11.5 Å². The maximum Gasteiger partial charge on any atom is 0.407 e. The molecule has 0 saturated carbocycles. The number of nitrogens with two attached hydrogens (primary N) is 1. The van der Waals surface area contributed by atoms with E-state index in [-0.39, 0.29) is 13.3 Å². The van der Waals surface area contributed by atoms with Crippen LogP contribution in [0.1, 0.15) is 18.4 Å². The van der Waals surface area contributed by atoms with E-state index in [1.807, 2.05) is 16.7 Å². The number of aromatic nitrogens is 4. The van der Waals surface area contributed by atoms with Gasteiger partial charge in [0.25, 0.3) is 0 Å². The highest BCUT2D eigenvalue weighted by molar-refractivity contribution is 5.82. The Bertz CT molecular complexity index is 1070. The van der Waals surface area contributed by atoms with Gasteiger partial charge in [-0.1, -0.05) is 6.07 Å². The highest BCUT2D eigenvalue weighted by atomic mass is 16.7. The minimum atomic E-state index is -0.958. The van der Waals surface area contributed by atoms with Gasteiger partial charge in [0, 0.05) is 26.7 Å². The first-order chi connectivity index (χ1) is 14.5. The predicted octanol–water partition coefficient (Wildman–Crippen LogP) is 2.14. The number of ether oxygens (including phenoxy) is 2. The fourth-order valence-electron chi connectivity index (χ4n) is 3.33. The average Bonchev–Trinajstić information content (AvgIpc) is 3.36. The minimum Gasteiger partial charge on any atom is -0.465 e. The summed E-state index contributed by atoms with van der Waals surface area (Å²) >= 11 is 0. The third kappa shape index (κ3) is 4.00. The number of hydrogen-bond acceptors (Lipinski definition) is 8. The second-order valence-corrected chi connectivity index (χ2v) is 6.89. The van der Waals surface area contributed by atoms with E-state index >= 15 is 0 Å². The van der Waals surface area contributed by atoms with Crippen molar-refractivity contribution < 1.29 is 19.4 Å². The number of aryl methyl sites for hydroxylation is 1. The van der Waals surface area contributed by atoms with Gasteiger partial charge in [-0.25, -0.2) is 9.78 Å². The molecule has 1 aliphatic rings. The summed E-state index contributed by atoms with van der Waals surface area (Å²) < 4.78 is 12.6. The van der Waals surface area contributed by atoms with Gasteiger partial charge < -0.3 is 35.1 Å². The Labute approximate surface area is 172 Å². The summed E-state index contributed by atoms with van der Waals surface area (Å²) in [6.07, 6.45) is 2.17. The Morgan fingerprint density at radius 1 is 1.30 bits per heavy atom. The number of carbonyl (C=O) groups is 1. The number of hydrogen-bond donors (Lipinski definition) is 3. The molecule has 2 aromatic heterocycles. The second kappa shape index (κ2) is 8.31. The van der Waals surface area contributed by atoms with Gasteiger partial charge in [-0.15, -0.1) is 0 Å². The lowest BCUT2D eigenvalue weighted by Gasteiger charge is -2.19. The van der Waals surface area contributed by atoms with Gasteiger partial charge >= 0.3 is 6.09 Å². The van der Waals surface area contributed by atoms with Crippen LogP contribution in [0.25, 0.3) is 11.2 Å². The maximum atomic E-state index is 11.7. The number of unbranched alkanes of at least 4 members (excludes halogenated alkanes) is 1. The molecule has 0 fully saturated rings. The average molecular weight is 413 g/mol. The summed E-state index contributed by atoms with van der Waals surface area (Å²) in [4.78, 5) is 25.9. The van der Waals surface area contributed by atoms with Crippen LogP contribution in [0, 0.1) is 0 Å². The van der Waals surface area contributed by atoms with Gasteiger partial charge in [0.15, 0.2) is 23.0 Å². The van der Waals surface area contributed by atoms with Crippen LogP contribution in [0.3, 0.4) is 0 Å². The largest absolute Gasteiger partial charge is 0.465 e. The molecule has 4 rings (SSSR count). The summed E-state index contributed by atoms with van der Waals surface area (Å²) in [5.74, 6) is 2.08. The number of anilines is 2. The van der Waals surface area contributed by atoms with E-state index < -0.39 is 6.09 Å². The van der Waals surface area contributed by atoms with E-state index in [1.54, 1.807) is 19.4 Å². The third-order valence-corrected chi connectivity index (χ3v) is 4.87. The van der Waals surface area contributed by atoms with Crippen molar-refractivity contribution in [2.75, 3.05) is 31.4 Å². The molecule has 0 radical (unpaired) electrons. The van der Waals surface area contributed by atoms with Gasteiger partial charge in [0.1, 0.15) is 5.52 Å². The predicted molar refractivity (Wildman–Crippen MR) is 110 cm³/mol. The highest BCUT2D eigenvalue weighted by Crippen LogP contribution is 2.32. The van der Waals surface area contributed by atoms with Crippen LogP contribution in [0.15, 0.2) is 24.5 Å². The van der Waals surface area contributed by atoms with Gasteiger partial charge in [-0.2, -0.15) is 9.97 Å². The van der Waals surface area contributed by atoms with Crippen molar-refractivity contribution in [3.05, 3.63) is 30.1 Å². The quantitative estimate of drug-likeness (QED) is 0.474. The van der Waals surface area contributed by atoms with Crippen molar-refractivity contribution in [3.63, 3.8) is 0 Å². The van der Waals surface area contributed by atoms with Crippen molar-refractivity contribution in [3.8, 4) is 11.5 Å². The topological polar surface area (TPSA) is 141 Å². The summed E-state index contributed by atoms with van der Waals surface area (Å²) in [7, 11) is 1.72. The number of nitrogen functional groups attached to an aromatic ring is 1. The Morgan fingerprint density at radius 2 is 2.13 bits per heavy atom. The van der Waals surface area contributed by atoms with E-state index in [0.717, 1.165) is 12.0 Å². The van der Waals surface area contributed by atoms with E-state index in [1.165, 1.54) is 4.90 Å². The lowest BCUT2D eigenvalue weighted by atomic mass is 10.2. The molecular weight excluding hydrogens is 390 g/mol. The maximum absolute atomic E-state index is 11.7. The number of benzene rings is 1. The molecule has 158 valence electrons. The van der Waals surface area contributed by atoms with Crippen molar-refractivity contribution >= 4 is 29.0 Å². The van der Waals surface area contributed by atoms with Crippen molar-refractivity contribution in [2.45, 2.75) is 25.9 Å². The molecule has 0 spiro atoms. The smallest absolute Gasteiger partial charge is 0.407 e. The zero-order valence-electron chi connectivity index (χ0n) is 16.5. The summed E-state index contributed by atoms with van der Waals surface area (Å²) in [5.41, 5.74) is 8.00. The fraction of sp³-hybridized carbons (Fsp3) is 0.368. The van der Waals surface area contributed by atoms with Crippen LogP contribution < -0.4 is 20.5 Å². The normalized spacial score (nSPS) is 12.3. The molecule has 0 saturated heterocycles. The van der Waals surface area contributed by atoms with Crippen molar-refractivity contribution in [1.29, 1.82) is 0 Å². The van der Waals surface area contributed by atoms with Crippen LogP contribution in [-0.4, -0.2) is 56.0 Å². The Morgan fingerprint density at radius 3 is 2.93 bits per heavy atom. The van der Waals surface area contributed by atoms with Crippen LogP contribution in [0.2, 0.25) is 0 Å². The summed E-state index contributed by atoms with van der Waals surface area (Å²) in [6, 6.07) is 5.47. The second-order valence-electron chi connectivity index (χ2n) is 6.89. The highest BCUT2D eigenvalue weighted by Gasteiger charge is 2.17. The van der Waals surface area contributed by atoms with E-state index in [9.17, 15) is 9.90 Å². The van der Waals surface area contributed by atoms with E-state index in [2.05, 4.69) is 20.3 Å². The molecule has 0 atom stereocenters. The molecule has 0 aliphatic carbocycles. The van der Waals surface area contributed by atoms with Crippen LogP contribution in [0.4, 0.5) is 16.6 Å². The number of carboxylic acid groups (broad SMARTS) is 1. The zero-order chi connectivity index (χ0) is 21.1. The summed E-state index contributed by atoms with van der Waals surface area (Å²) in [6.45, 7) is 1.54. The molecule has 1 aromatic carbocycles. The minimum absolute atomic E-state index is 0.191. The lowest BCUT2D eigenvalue weighted by Crippen LogP contribution is -2.30. The molecule has 1 aliphatic heterocycles. The lowest BCUT2D eigenvalue weighted by molar-refractivity contribution is 0.141. The SMILES string of the molecule is CNc1nc(N)c2ncn(CCCCN(Cc3ccc4c(c3)OCO4)C(=O)O)c2n1. The third-order valence-electron chi connectivity index (χ3n) is 4.87. The monoisotopic (exact) mass is 413 g/mol. The molecule has 3 aromatic rings. The molecular formula is C19H23N7O4. The first-order valence-corrected chi connectivity index (χ1v) is 9.57. The first kappa shape index (κ1) is 19.6. The number of nitrogens with zero attached hydrogens (tertiary/aromatic N) is 5. The number of rotatable bonds is 8.